The van der Waals surface area contributed by atoms with Crippen molar-refractivity contribution in [2.45, 2.75) is 51.7 Å². The van der Waals surface area contributed by atoms with E-state index in [0.717, 1.165) is 18.5 Å². The lowest BCUT2D eigenvalue weighted by Crippen LogP contribution is -2.35. The molecule has 0 aromatic carbocycles. The smallest absolute Gasteiger partial charge is 0.489 e. The number of carboxylic acid groups (broad SMARTS) is 1. The molecule has 0 saturated carbocycles. The number of rotatable bonds is 6. The van der Waals surface area contributed by atoms with Gasteiger partial charge in [-0.25, -0.2) is 4.79 Å². The Balaban J connectivity index is 3.88. The normalized spacial score (nSPS) is 15.0. The maximum Gasteiger partial charge on any atom is 0.491 e. The van der Waals surface area contributed by atoms with Gasteiger partial charge in [0.15, 0.2) is 0 Å². The lowest BCUT2D eigenvalue weighted by Gasteiger charge is -2.23. The molecule has 0 rings (SSSR count). The van der Waals surface area contributed by atoms with Gasteiger partial charge in [-0.3, -0.25) is 0 Å². The van der Waals surface area contributed by atoms with E-state index in [1.807, 2.05) is 13.5 Å². The van der Waals surface area contributed by atoms with E-state index < -0.39 is 14.5 Å². The molecular weight excluding hydrogens is 184 g/mol. The second-order valence-corrected chi connectivity index (χ2v) is 7.94. The fourth-order valence-electron chi connectivity index (χ4n) is 1.26. The third kappa shape index (κ3) is 5.68. The number of hydrogen-bond acceptors (Lipinski definition) is 2. The SMILES string of the molecule is CCCCC[Si](C)(CC)OC(=O)O. The largest absolute Gasteiger partial charge is 0.491 e. The lowest BCUT2D eigenvalue weighted by molar-refractivity contribution is 0.141. The van der Waals surface area contributed by atoms with Crippen LogP contribution in [-0.4, -0.2) is 19.6 Å². The third-order valence-corrected chi connectivity index (χ3v) is 5.97. The monoisotopic (exact) mass is 204 g/mol. The maximum absolute atomic E-state index is 10.4. The van der Waals surface area contributed by atoms with Crippen LogP contribution < -0.4 is 0 Å². The summed E-state index contributed by atoms with van der Waals surface area (Å²) in [5.41, 5.74) is 0. The average molecular weight is 204 g/mol. The second kappa shape index (κ2) is 6.02. The van der Waals surface area contributed by atoms with E-state index in [1.165, 1.54) is 12.8 Å². The topological polar surface area (TPSA) is 46.5 Å². The summed E-state index contributed by atoms with van der Waals surface area (Å²) in [6.07, 6.45) is 2.33. The predicted octanol–water partition coefficient (Wildman–Crippen LogP) is 3.47. The Morgan fingerprint density at radius 1 is 1.38 bits per heavy atom. The van der Waals surface area contributed by atoms with Crippen molar-refractivity contribution in [2.75, 3.05) is 0 Å². The van der Waals surface area contributed by atoms with Crippen molar-refractivity contribution in [1.82, 2.24) is 0 Å². The molecule has 0 aromatic rings. The van der Waals surface area contributed by atoms with Crippen LogP contribution in [0.15, 0.2) is 0 Å². The molecule has 1 atom stereocenters. The van der Waals surface area contributed by atoms with E-state index in [1.54, 1.807) is 0 Å². The highest BCUT2D eigenvalue weighted by Gasteiger charge is 2.30. The van der Waals surface area contributed by atoms with E-state index in [0.29, 0.717) is 0 Å². The van der Waals surface area contributed by atoms with Gasteiger partial charge in [0.25, 0.3) is 8.32 Å². The summed E-state index contributed by atoms with van der Waals surface area (Å²) >= 11 is 0. The molecule has 0 radical (unpaired) electrons. The molecule has 4 heteroatoms. The second-order valence-electron chi connectivity index (χ2n) is 3.63. The summed E-state index contributed by atoms with van der Waals surface area (Å²) in [4.78, 5) is 10.4. The van der Waals surface area contributed by atoms with Crippen LogP contribution in [0.1, 0.15) is 33.1 Å². The van der Waals surface area contributed by atoms with Gasteiger partial charge >= 0.3 is 6.16 Å². The molecule has 78 valence electrons. The van der Waals surface area contributed by atoms with Gasteiger partial charge in [0.2, 0.25) is 0 Å². The number of hydrogen-bond donors (Lipinski definition) is 1. The quantitative estimate of drug-likeness (QED) is 0.532. The average Bonchev–Trinajstić information content (AvgIpc) is 2.04. The van der Waals surface area contributed by atoms with Crippen LogP contribution in [0.2, 0.25) is 18.6 Å². The maximum atomic E-state index is 10.4. The van der Waals surface area contributed by atoms with E-state index in [-0.39, 0.29) is 0 Å². The van der Waals surface area contributed by atoms with Gasteiger partial charge < -0.3 is 9.53 Å². The Labute approximate surface area is 81.2 Å². The van der Waals surface area contributed by atoms with Crippen LogP contribution in [0.3, 0.4) is 0 Å². The van der Waals surface area contributed by atoms with Crippen molar-refractivity contribution < 1.29 is 14.3 Å². The summed E-state index contributed by atoms with van der Waals surface area (Å²) in [5, 5.41) is 8.55. The Morgan fingerprint density at radius 3 is 2.38 bits per heavy atom. The van der Waals surface area contributed by atoms with E-state index in [9.17, 15) is 4.79 Å². The summed E-state index contributed by atoms with van der Waals surface area (Å²) in [6, 6.07) is 1.84. The molecule has 0 fully saturated rings. The number of unbranched alkanes of at least 4 members (excludes halogenated alkanes) is 2. The molecule has 0 amide bonds. The minimum absolute atomic E-state index is 0.878. The van der Waals surface area contributed by atoms with Crippen LogP contribution in [0.5, 0.6) is 0 Å². The first kappa shape index (κ1) is 12.5. The van der Waals surface area contributed by atoms with Gasteiger partial charge in [-0.05, 0) is 18.6 Å². The van der Waals surface area contributed by atoms with Gasteiger partial charge in [-0.1, -0.05) is 33.1 Å². The first-order valence-electron chi connectivity index (χ1n) is 4.96. The van der Waals surface area contributed by atoms with Crippen molar-refractivity contribution in [3.8, 4) is 0 Å². The summed E-state index contributed by atoms with van der Waals surface area (Å²) in [7, 11) is -1.92. The Morgan fingerprint density at radius 2 is 2.00 bits per heavy atom. The Bertz CT molecular complexity index is 161. The standard InChI is InChI=1S/C9H20O3Si/c1-4-6-7-8-13(3,5-2)12-9(10)11/h4-8H2,1-3H3,(H,10,11). The summed E-state index contributed by atoms with van der Waals surface area (Å²) in [5.74, 6) is 0. The van der Waals surface area contributed by atoms with Crippen LogP contribution in [0, 0.1) is 0 Å². The highest BCUT2D eigenvalue weighted by molar-refractivity contribution is 6.73. The zero-order valence-electron chi connectivity index (χ0n) is 8.80. The zero-order valence-corrected chi connectivity index (χ0v) is 9.80. The molecule has 0 aromatic heterocycles. The van der Waals surface area contributed by atoms with Gasteiger partial charge in [0.1, 0.15) is 0 Å². The molecule has 3 nitrogen and oxygen atoms in total. The van der Waals surface area contributed by atoms with Gasteiger partial charge in [0, 0.05) is 0 Å². The molecule has 0 saturated heterocycles. The van der Waals surface area contributed by atoms with Crippen LogP contribution >= 0.6 is 0 Å². The zero-order chi connectivity index (χ0) is 10.3. The molecule has 1 N–H and O–H groups in total. The van der Waals surface area contributed by atoms with E-state index in [2.05, 4.69) is 6.92 Å². The van der Waals surface area contributed by atoms with Crippen LogP contribution in [0.4, 0.5) is 4.79 Å². The Hall–Kier alpha value is -0.513. The molecule has 0 aliphatic heterocycles. The molecule has 13 heavy (non-hydrogen) atoms. The van der Waals surface area contributed by atoms with Crippen molar-refractivity contribution >= 4 is 14.5 Å². The highest BCUT2D eigenvalue weighted by atomic mass is 28.4. The van der Waals surface area contributed by atoms with Crippen molar-refractivity contribution in [3.63, 3.8) is 0 Å². The van der Waals surface area contributed by atoms with E-state index >= 15 is 0 Å². The van der Waals surface area contributed by atoms with Gasteiger partial charge in [0.05, 0.1) is 0 Å². The highest BCUT2D eigenvalue weighted by Crippen LogP contribution is 2.20. The molecule has 1 unspecified atom stereocenters. The first-order chi connectivity index (χ1) is 6.04. The number of carbonyl (C=O) groups is 1. The van der Waals surface area contributed by atoms with Crippen molar-refractivity contribution in [3.05, 3.63) is 0 Å². The lowest BCUT2D eigenvalue weighted by atomic mass is 10.3. The van der Waals surface area contributed by atoms with Gasteiger partial charge in [-0.15, -0.1) is 0 Å². The van der Waals surface area contributed by atoms with Crippen molar-refractivity contribution in [2.24, 2.45) is 0 Å². The summed E-state index contributed by atoms with van der Waals surface area (Å²) < 4.78 is 4.99. The fraction of sp³-hybridized carbons (Fsp3) is 0.889. The third-order valence-electron chi connectivity index (χ3n) is 2.39. The molecule has 0 bridgehead atoms. The predicted molar refractivity (Wildman–Crippen MR) is 55.5 cm³/mol. The van der Waals surface area contributed by atoms with Crippen LogP contribution in [0.25, 0.3) is 0 Å². The molecule has 0 heterocycles. The van der Waals surface area contributed by atoms with Crippen LogP contribution in [-0.2, 0) is 4.43 Å². The minimum atomic E-state index is -1.92. The molecule has 0 aliphatic carbocycles. The Kier molecular flexibility index (Phi) is 5.78. The summed E-state index contributed by atoms with van der Waals surface area (Å²) in [6.45, 7) is 6.15. The minimum Gasteiger partial charge on any atom is -0.489 e. The molecular formula is C9H20O3Si. The molecule has 0 aliphatic rings. The van der Waals surface area contributed by atoms with Gasteiger partial charge in [-0.2, -0.15) is 0 Å². The fourth-order valence-corrected chi connectivity index (χ4v) is 3.28. The molecule has 0 spiro atoms. The van der Waals surface area contributed by atoms with E-state index in [4.69, 9.17) is 9.53 Å². The van der Waals surface area contributed by atoms with Crippen molar-refractivity contribution in [1.29, 1.82) is 0 Å². The first-order valence-corrected chi connectivity index (χ1v) is 7.78.